The van der Waals surface area contributed by atoms with Crippen LogP contribution in [0.3, 0.4) is 0 Å². The monoisotopic (exact) mass is 392 g/mol. The molecular formula is C23H28N4O2. The first-order valence-electron chi connectivity index (χ1n) is 10.4. The molecule has 0 bridgehead atoms. The SMILES string of the molecule is CCNC(=NCCCN1C(=O)COc2ccccc21)N1CCc2ccccc2C1. The molecule has 4 rings (SSSR count). The number of aliphatic imine (C=N–C) groups is 1. The van der Waals surface area contributed by atoms with Gasteiger partial charge in [0.2, 0.25) is 0 Å². The lowest BCUT2D eigenvalue weighted by Gasteiger charge is -2.32. The van der Waals surface area contributed by atoms with Crippen LogP contribution in [-0.2, 0) is 17.8 Å². The molecule has 0 fully saturated rings. The van der Waals surface area contributed by atoms with E-state index < -0.39 is 0 Å². The first-order chi connectivity index (χ1) is 14.3. The number of hydrogen-bond donors (Lipinski definition) is 1. The molecule has 0 radical (unpaired) electrons. The number of nitrogens with one attached hydrogen (secondary N) is 1. The summed E-state index contributed by atoms with van der Waals surface area (Å²) in [5.74, 6) is 1.74. The number of guanidine groups is 1. The largest absolute Gasteiger partial charge is 0.482 e. The molecule has 2 aliphatic rings. The van der Waals surface area contributed by atoms with Crippen LogP contribution in [0.4, 0.5) is 5.69 Å². The Balaban J connectivity index is 1.38. The fourth-order valence-corrected chi connectivity index (χ4v) is 3.92. The number of rotatable bonds is 5. The second-order valence-electron chi connectivity index (χ2n) is 7.33. The molecule has 0 unspecified atom stereocenters. The van der Waals surface area contributed by atoms with E-state index in [2.05, 4.69) is 41.4 Å². The zero-order valence-electron chi connectivity index (χ0n) is 16.9. The van der Waals surface area contributed by atoms with E-state index in [9.17, 15) is 4.79 Å². The molecule has 2 aromatic carbocycles. The van der Waals surface area contributed by atoms with Crippen LogP contribution in [0.15, 0.2) is 53.5 Å². The van der Waals surface area contributed by atoms with E-state index in [1.807, 2.05) is 29.2 Å². The van der Waals surface area contributed by atoms with Crippen LogP contribution in [-0.4, -0.2) is 49.6 Å². The van der Waals surface area contributed by atoms with Gasteiger partial charge in [0.05, 0.1) is 5.69 Å². The molecule has 0 aliphatic carbocycles. The minimum Gasteiger partial charge on any atom is -0.482 e. The Morgan fingerprint density at radius 3 is 2.79 bits per heavy atom. The highest BCUT2D eigenvalue weighted by molar-refractivity contribution is 5.97. The quantitative estimate of drug-likeness (QED) is 0.483. The van der Waals surface area contributed by atoms with Gasteiger partial charge in [-0.2, -0.15) is 0 Å². The van der Waals surface area contributed by atoms with Crippen LogP contribution in [0.25, 0.3) is 0 Å². The maximum Gasteiger partial charge on any atom is 0.265 e. The molecule has 0 saturated carbocycles. The van der Waals surface area contributed by atoms with Gasteiger partial charge < -0.3 is 19.9 Å². The summed E-state index contributed by atoms with van der Waals surface area (Å²) in [6.07, 6.45) is 1.85. The minimum atomic E-state index is 0.00669. The van der Waals surface area contributed by atoms with Gasteiger partial charge >= 0.3 is 0 Å². The van der Waals surface area contributed by atoms with Crippen molar-refractivity contribution in [3.8, 4) is 5.75 Å². The summed E-state index contributed by atoms with van der Waals surface area (Å²) in [4.78, 5) is 21.3. The van der Waals surface area contributed by atoms with Crippen LogP contribution in [0, 0.1) is 0 Å². The molecule has 152 valence electrons. The fourth-order valence-electron chi connectivity index (χ4n) is 3.92. The van der Waals surface area contributed by atoms with E-state index in [4.69, 9.17) is 9.73 Å². The lowest BCUT2D eigenvalue weighted by Crippen LogP contribution is -2.44. The fraction of sp³-hybridized carbons (Fsp3) is 0.391. The van der Waals surface area contributed by atoms with Crippen LogP contribution < -0.4 is 15.0 Å². The van der Waals surface area contributed by atoms with E-state index in [0.29, 0.717) is 13.1 Å². The lowest BCUT2D eigenvalue weighted by atomic mass is 10.0. The van der Waals surface area contributed by atoms with Crippen molar-refractivity contribution in [2.45, 2.75) is 26.3 Å². The first-order valence-corrected chi connectivity index (χ1v) is 10.4. The molecule has 6 nitrogen and oxygen atoms in total. The van der Waals surface area contributed by atoms with Crippen molar-refractivity contribution in [1.29, 1.82) is 0 Å². The van der Waals surface area contributed by atoms with Gasteiger partial charge in [-0.3, -0.25) is 9.79 Å². The van der Waals surface area contributed by atoms with E-state index in [-0.39, 0.29) is 12.5 Å². The number of anilines is 1. The van der Waals surface area contributed by atoms with Gasteiger partial charge in [0, 0.05) is 32.7 Å². The molecule has 0 atom stereocenters. The van der Waals surface area contributed by atoms with Crippen LogP contribution >= 0.6 is 0 Å². The van der Waals surface area contributed by atoms with E-state index in [1.54, 1.807) is 0 Å². The summed E-state index contributed by atoms with van der Waals surface area (Å²) < 4.78 is 5.52. The molecule has 1 N–H and O–H groups in total. The van der Waals surface area contributed by atoms with Crippen LogP contribution in [0.1, 0.15) is 24.5 Å². The number of amides is 1. The van der Waals surface area contributed by atoms with Gasteiger partial charge in [-0.05, 0) is 43.0 Å². The zero-order valence-corrected chi connectivity index (χ0v) is 16.9. The smallest absolute Gasteiger partial charge is 0.265 e. The van der Waals surface area contributed by atoms with Gasteiger partial charge in [-0.1, -0.05) is 36.4 Å². The van der Waals surface area contributed by atoms with E-state index >= 15 is 0 Å². The number of hydrogen-bond acceptors (Lipinski definition) is 3. The third kappa shape index (κ3) is 4.36. The summed E-state index contributed by atoms with van der Waals surface area (Å²) >= 11 is 0. The average molecular weight is 393 g/mol. The van der Waals surface area contributed by atoms with Gasteiger partial charge in [0.1, 0.15) is 5.75 Å². The van der Waals surface area contributed by atoms with Gasteiger partial charge in [0.25, 0.3) is 5.91 Å². The molecule has 0 aromatic heterocycles. The Morgan fingerprint density at radius 2 is 1.93 bits per heavy atom. The standard InChI is InChI=1S/C23H28N4O2/c1-2-24-23(26-15-12-18-8-3-4-9-19(18)16-26)25-13-7-14-27-20-10-5-6-11-21(20)29-17-22(27)28/h3-6,8-11H,2,7,12-17H2,1H3,(H,24,25). The van der Waals surface area contributed by atoms with Crippen molar-refractivity contribution in [2.24, 2.45) is 4.99 Å². The van der Waals surface area contributed by atoms with Crippen molar-refractivity contribution in [2.75, 3.05) is 37.7 Å². The van der Waals surface area contributed by atoms with Crippen molar-refractivity contribution in [3.05, 3.63) is 59.7 Å². The Kier molecular flexibility index (Phi) is 5.98. The maximum absolute atomic E-state index is 12.3. The summed E-state index contributed by atoms with van der Waals surface area (Å²) in [6, 6.07) is 16.3. The highest BCUT2D eigenvalue weighted by Gasteiger charge is 2.24. The van der Waals surface area contributed by atoms with E-state index in [0.717, 1.165) is 49.9 Å². The third-order valence-corrected chi connectivity index (χ3v) is 5.37. The number of ether oxygens (including phenoxy) is 1. The molecule has 0 spiro atoms. The van der Waals surface area contributed by atoms with Crippen LogP contribution in [0.2, 0.25) is 0 Å². The summed E-state index contributed by atoms with van der Waals surface area (Å²) in [6.45, 7) is 6.22. The normalized spacial score (nSPS) is 16.2. The molecule has 2 heterocycles. The number of nitrogens with zero attached hydrogens (tertiary/aromatic N) is 3. The molecule has 6 heteroatoms. The van der Waals surface area contributed by atoms with Crippen molar-refractivity contribution in [1.82, 2.24) is 10.2 Å². The second kappa shape index (κ2) is 8.99. The molecule has 2 aromatic rings. The summed E-state index contributed by atoms with van der Waals surface area (Å²) in [5, 5.41) is 3.42. The number of benzene rings is 2. The van der Waals surface area contributed by atoms with E-state index in [1.165, 1.54) is 11.1 Å². The Labute approximate surface area is 172 Å². The zero-order chi connectivity index (χ0) is 20.1. The van der Waals surface area contributed by atoms with Crippen molar-refractivity contribution < 1.29 is 9.53 Å². The Bertz CT molecular complexity index is 896. The van der Waals surface area contributed by atoms with Gasteiger partial charge in [0.15, 0.2) is 12.6 Å². The number of para-hydroxylation sites is 2. The first kappa shape index (κ1) is 19.3. The average Bonchev–Trinajstić information content (AvgIpc) is 2.76. The third-order valence-electron chi connectivity index (χ3n) is 5.37. The summed E-state index contributed by atoms with van der Waals surface area (Å²) in [7, 11) is 0. The molecule has 1 amide bonds. The molecular weight excluding hydrogens is 364 g/mol. The molecule has 29 heavy (non-hydrogen) atoms. The Hall–Kier alpha value is -3.02. The topological polar surface area (TPSA) is 57.2 Å². The van der Waals surface area contributed by atoms with Crippen LogP contribution in [0.5, 0.6) is 5.75 Å². The highest BCUT2D eigenvalue weighted by Crippen LogP contribution is 2.31. The van der Waals surface area contributed by atoms with Gasteiger partial charge in [-0.15, -0.1) is 0 Å². The maximum atomic E-state index is 12.3. The van der Waals surface area contributed by atoms with Crippen molar-refractivity contribution >= 4 is 17.6 Å². The Morgan fingerprint density at radius 1 is 1.14 bits per heavy atom. The number of fused-ring (bicyclic) bond motifs is 2. The molecule has 2 aliphatic heterocycles. The number of carbonyl (C=O) groups is 1. The minimum absolute atomic E-state index is 0.00669. The second-order valence-corrected chi connectivity index (χ2v) is 7.33. The predicted molar refractivity (Wildman–Crippen MR) is 115 cm³/mol. The summed E-state index contributed by atoms with van der Waals surface area (Å²) in [5.41, 5.74) is 3.66. The number of carbonyl (C=O) groups excluding carboxylic acids is 1. The van der Waals surface area contributed by atoms with Gasteiger partial charge in [-0.25, -0.2) is 0 Å². The van der Waals surface area contributed by atoms with Crippen molar-refractivity contribution in [3.63, 3.8) is 0 Å². The lowest BCUT2D eigenvalue weighted by molar-refractivity contribution is -0.121. The predicted octanol–water partition coefficient (Wildman–Crippen LogP) is 2.83. The highest BCUT2D eigenvalue weighted by atomic mass is 16.5. The molecule has 0 saturated heterocycles.